The third-order valence-corrected chi connectivity index (χ3v) is 4.13. The van der Waals surface area contributed by atoms with E-state index in [-0.39, 0.29) is 17.0 Å². The first-order valence-electron chi connectivity index (χ1n) is 4.56. The van der Waals surface area contributed by atoms with Crippen molar-refractivity contribution in [3.05, 3.63) is 36.4 Å². The highest BCUT2D eigenvalue weighted by Gasteiger charge is 2.40. The summed E-state index contributed by atoms with van der Waals surface area (Å²) in [6.07, 6.45) is 1.37. The Bertz CT molecular complexity index is 578. The van der Waals surface area contributed by atoms with Crippen LogP contribution < -0.4 is 5.73 Å². The van der Waals surface area contributed by atoms with Crippen molar-refractivity contribution in [1.82, 2.24) is 4.31 Å². The minimum absolute atomic E-state index is 0.00792. The Morgan fingerprint density at radius 1 is 1.44 bits per heavy atom. The highest BCUT2D eigenvalue weighted by Crippen LogP contribution is 2.31. The van der Waals surface area contributed by atoms with Gasteiger partial charge in [-0.25, -0.2) is 12.7 Å². The second kappa shape index (κ2) is 3.34. The van der Waals surface area contributed by atoms with Crippen molar-refractivity contribution >= 4 is 21.6 Å². The van der Waals surface area contributed by atoms with Gasteiger partial charge >= 0.3 is 0 Å². The first-order chi connectivity index (χ1) is 7.48. The summed E-state index contributed by atoms with van der Waals surface area (Å²) in [5.74, 6) is -0.554. The lowest BCUT2D eigenvalue weighted by Gasteiger charge is -2.11. The summed E-state index contributed by atoms with van der Waals surface area (Å²) in [7, 11) is -3.72. The van der Waals surface area contributed by atoms with E-state index >= 15 is 0 Å². The molecule has 0 fully saturated rings. The van der Waals surface area contributed by atoms with E-state index in [0.29, 0.717) is 5.69 Å². The fourth-order valence-electron chi connectivity index (χ4n) is 1.60. The molecule has 6 heteroatoms. The average Bonchev–Trinajstić information content (AvgIpc) is 2.40. The summed E-state index contributed by atoms with van der Waals surface area (Å²) in [5, 5.41) is 0. The topological polar surface area (TPSA) is 80.5 Å². The average molecular weight is 238 g/mol. The summed E-state index contributed by atoms with van der Waals surface area (Å²) >= 11 is 0. The van der Waals surface area contributed by atoms with Gasteiger partial charge in [-0.15, -0.1) is 6.58 Å². The number of hydrogen-bond acceptors (Lipinski definition) is 4. The van der Waals surface area contributed by atoms with E-state index in [1.807, 2.05) is 0 Å². The number of anilines is 1. The van der Waals surface area contributed by atoms with Crippen LogP contribution in [0.15, 0.2) is 35.7 Å². The highest BCUT2D eigenvalue weighted by molar-refractivity contribution is 7.90. The third-order valence-electron chi connectivity index (χ3n) is 2.32. The highest BCUT2D eigenvalue weighted by atomic mass is 32.2. The van der Waals surface area contributed by atoms with Crippen LogP contribution in [-0.2, 0) is 10.0 Å². The molecule has 1 heterocycles. The molecule has 0 atom stereocenters. The van der Waals surface area contributed by atoms with Crippen molar-refractivity contribution in [2.45, 2.75) is 4.90 Å². The van der Waals surface area contributed by atoms with Crippen molar-refractivity contribution in [3.63, 3.8) is 0 Å². The standard InChI is InChI=1S/C10H10N2O3S/c1-2-5-12-10(13)8-6-7(11)3-4-9(8)16(12,14)15/h2-4,6H,1,5,11H2. The molecule has 0 aliphatic carbocycles. The number of hydrogen-bond donors (Lipinski definition) is 1. The zero-order valence-electron chi connectivity index (χ0n) is 8.38. The maximum Gasteiger partial charge on any atom is 0.269 e. The van der Waals surface area contributed by atoms with E-state index in [4.69, 9.17) is 5.73 Å². The van der Waals surface area contributed by atoms with Crippen LogP contribution in [0.5, 0.6) is 0 Å². The van der Waals surface area contributed by atoms with E-state index < -0.39 is 15.9 Å². The van der Waals surface area contributed by atoms with E-state index in [1.165, 1.54) is 24.3 Å². The zero-order valence-corrected chi connectivity index (χ0v) is 9.20. The number of amides is 1. The summed E-state index contributed by atoms with van der Waals surface area (Å²) in [4.78, 5) is 11.8. The molecule has 84 valence electrons. The molecule has 0 spiro atoms. The van der Waals surface area contributed by atoms with Crippen molar-refractivity contribution in [3.8, 4) is 0 Å². The number of fused-ring (bicyclic) bond motifs is 1. The van der Waals surface area contributed by atoms with Gasteiger partial charge in [-0.05, 0) is 18.2 Å². The van der Waals surface area contributed by atoms with E-state index in [9.17, 15) is 13.2 Å². The number of carbonyl (C=O) groups excluding carboxylic acids is 1. The normalized spacial score (nSPS) is 17.2. The fraction of sp³-hybridized carbons (Fsp3) is 0.100. The molecule has 0 saturated carbocycles. The van der Waals surface area contributed by atoms with Crippen LogP contribution in [0.2, 0.25) is 0 Å². The van der Waals surface area contributed by atoms with Gasteiger partial charge in [-0.2, -0.15) is 0 Å². The molecule has 2 N–H and O–H groups in total. The Morgan fingerprint density at radius 2 is 2.12 bits per heavy atom. The van der Waals surface area contributed by atoms with Gasteiger partial charge in [0.05, 0.1) is 12.1 Å². The molecule has 1 aromatic rings. The minimum atomic E-state index is -3.72. The lowest BCUT2D eigenvalue weighted by atomic mass is 10.2. The zero-order chi connectivity index (χ0) is 11.9. The SMILES string of the molecule is C=CCN1C(=O)c2cc(N)ccc2S1(=O)=O. The van der Waals surface area contributed by atoms with Crippen LogP contribution in [0.25, 0.3) is 0 Å². The molecule has 1 aliphatic rings. The molecular formula is C10H10N2O3S. The van der Waals surface area contributed by atoms with Crippen molar-refractivity contribution in [2.24, 2.45) is 0 Å². The molecule has 1 amide bonds. The third kappa shape index (κ3) is 1.30. The molecule has 16 heavy (non-hydrogen) atoms. The van der Waals surface area contributed by atoms with Gasteiger partial charge in [-0.1, -0.05) is 6.08 Å². The van der Waals surface area contributed by atoms with Gasteiger partial charge in [0.15, 0.2) is 0 Å². The predicted octanol–water partition coefficient (Wildman–Crippen LogP) is 0.599. The molecular weight excluding hydrogens is 228 g/mol. The van der Waals surface area contributed by atoms with Crippen LogP contribution in [0.4, 0.5) is 5.69 Å². The maximum absolute atomic E-state index is 11.9. The summed E-state index contributed by atoms with van der Waals surface area (Å²) < 4.78 is 24.6. The molecule has 0 saturated heterocycles. The van der Waals surface area contributed by atoms with Gasteiger partial charge in [0.2, 0.25) is 0 Å². The molecule has 5 nitrogen and oxygen atoms in total. The van der Waals surface area contributed by atoms with Crippen LogP contribution >= 0.6 is 0 Å². The van der Waals surface area contributed by atoms with Gasteiger partial charge in [0.1, 0.15) is 4.90 Å². The van der Waals surface area contributed by atoms with E-state index in [0.717, 1.165) is 4.31 Å². The molecule has 0 aromatic heterocycles. The number of nitrogen functional groups attached to an aromatic ring is 1. The number of rotatable bonds is 2. The Balaban J connectivity index is 2.66. The first kappa shape index (κ1) is 10.7. The minimum Gasteiger partial charge on any atom is -0.399 e. The lowest BCUT2D eigenvalue weighted by Crippen LogP contribution is -2.29. The van der Waals surface area contributed by atoms with E-state index in [2.05, 4.69) is 6.58 Å². The first-order valence-corrected chi connectivity index (χ1v) is 6.00. The monoisotopic (exact) mass is 238 g/mol. The van der Waals surface area contributed by atoms with Crippen LogP contribution in [0.3, 0.4) is 0 Å². The van der Waals surface area contributed by atoms with Crippen molar-refractivity contribution in [1.29, 1.82) is 0 Å². The maximum atomic E-state index is 11.9. The molecule has 2 rings (SSSR count). The van der Waals surface area contributed by atoms with Crippen LogP contribution in [0.1, 0.15) is 10.4 Å². The molecule has 1 aromatic carbocycles. The molecule has 0 bridgehead atoms. The summed E-state index contributed by atoms with van der Waals surface area (Å²) in [6, 6.07) is 4.18. The summed E-state index contributed by atoms with van der Waals surface area (Å²) in [6.45, 7) is 3.39. The van der Waals surface area contributed by atoms with Gasteiger partial charge < -0.3 is 5.73 Å². The van der Waals surface area contributed by atoms with Crippen molar-refractivity contribution < 1.29 is 13.2 Å². The largest absolute Gasteiger partial charge is 0.399 e. The van der Waals surface area contributed by atoms with Gasteiger partial charge in [-0.3, -0.25) is 4.79 Å². The Labute approximate surface area is 93.2 Å². The number of carbonyl (C=O) groups is 1. The quantitative estimate of drug-likeness (QED) is 0.604. The molecule has 1 aliphatic heterocycles. The second-order valence-corrected chi connectivity index (χ2v) is 5.22. The number of benzene rings is 1. The van der Waals surface area contributed by atoms with Gasteiger partial charge in [0, 0.05) is 5.69 Å². The second-order valence-electron chi connectivity index (χ2n) is 3.39. The number of sulfonamides is 1. The smallest absolute Gasteiger partial charge is 0.269 e. The lowest BCUT2D eigenvalue weighted by molar-refractivity contribution is 0.0880. The molecule has 0 unspecified atom stereocenters. The predicted molar refractivity (Wildman–Crippen MR) is 59.3 cm³/mol. The number of nitrogens with two attached hydrogens (primary N) is 1. The van der Waals surface area contributed by atoms with Gasteiger partial charge in [0.25, 0.3) is 15.9 Å². The van der Waals surface area contributed by atoms with Crippen LogP contribution in [-0.4, -0.2) is 25.2 Å². The Morgan fingerprint density at radius 3 is 2.75 bits per heavy atom. The summed E-state index contributed by atoms with van der Waals surface area (Å²) in [5.41, 5.74) is 6.01. The fourth-order valence-corrected chi connectivity index (χ4v) is 3.12. The number of nitrogens with zero attached hydrogens (tertiary/aromatic N) is 1. The van der Waals surface area contributed by atoms with Crippen LogP contribution in [0, 0.1) is 0 Å². The Hall–Kier alpha value is -1.82. The van der Waals surface area contributed by atoms with E-state index in [1.54, 1.807) is 0 Å². The van der Waals surface area contributed by atoms with Crippen molar-refractivity contribution in [2.75, 3.05) is 12.3 Å². The Kier molecular flexibility index (Phi) is 2.23. The molecule has 0 radical (unpaired) electrons.